The van der Waals surface area contributed by atoms with Gasteiger partial charge in [0.25, 0.3) is 0 Å². The van der Waals surface area contributed by atoms with E-state index in [9.17, 15) is 4.79 Å². The van der Waals surface area contributed by atoms with Crippen molar-refractivity contribution in [3.8, 4) is 0 Å². The van der Waals surface area contributed by atoms with Gasteiger partial charge in [0.2, 0.25) is 0 Å². The van der Waals surface area contributed by atoms with Crippen LogP contribution in [-0.2, 0) is 6.54 Å². The van der Waals surface area contributed by atoms with Gasteiger partial charge < -0.3 is 0 Å². The largest absolute Gasteiger partial charge is 0.295 e. The highest BCUT2D eigenvalue weighted by Gasteiger charge is 2.30. The predicted molar refractivity (Wildman–Crippen MR) is 71.0 cm³/mol. The first-order valence-electron chi connectivity index (χ1n) is 5.68. The molecular weight excluding hydrogens is 258 g/mol. The molecule has 1 aromatic heterocycles. The van der Waals surface area contributed by atoms with Crippen LogP contribution in [0.2, 0.25) is 5.02 Å². The number of likely N-dealkylation sites (N-methyl/N-ethyl adjacent to an activating group) is 1. The molecule has 0 N–H and O–H groups in total. The average molecular weight is 274 g/mol. The summed E-state index contributed by atoms with van der Waals surface area (Å²) in [6.07, 6.45) is 1.55. The van der Waals surface area contributed by atoms with E-state index in [1.165, 1.54) is 0 Å². The first kappa shape index (κ1) is 12.9. The number of thioether (sulfide) groups is 1. The van der Waals surface area contributed by atoms with Crippen molar-refractivity contribution in [1.29, 1.82) is 0 Å². The molecule has 0 aliphatic carbocycles. The molecule has 94 valence electrons. The molecule has 1 saturated heterocycles. The van der Waals surface area contributed by atoms with Crippen molar-refractivity contribution in [3.05, 3.63) is 16.9 Å². The van der Waals surface area contributed by atoms with E-state index in [4.69, 9.17) is 11.6 Å². The van der Waals surface area contributed by atoms with Gasteiger partial charge >= 0.3 is 0 Å². The van der Waals surface area contributed by atoms with E-state index in [1.807, 2.05) is 25.7 Å². The van der Waals surface area contributed by atoms with Gasteiger partial charge in [-0.05, 0) is 14.0 Å². The second-order valence-electron chi connectivity index (χ2n) is 4.09. The number of aromatic nitrogens is 2. The Bertz CT molecular complexity index is 421. The van der Waals surface area contributed by atoms with Crippen LogP contribution in [0.5, 0.6) is 0 Å². The van der Waals surface area contributed by atoms with E-state index in [2.05, 4.69) is 10.00 Å². The van der Waals surface area contributed by atoms with Gasteiger partial charge in [-0.25, -0.2) is 0 Å². The van der Waals surface area contributed by atoms with Gasteiger partial charge in [-0.1, -0.05) is 11.6 Å². The van der Waals surface area contributed by atoms with Gasteiger partial charge in [0, 0.05) is 24.6 Å². The van der Waals surface area contributed by atoms with Crippen LogP contribution in [0.15, 0.2) is 6.20 Å². The number of halogens is 1. The van der Waals surface area contributed by atoms with Crippen molar-refractivity contribution in [2.75, 3.05) is 25.1 Å². The van der Waals surface area contributed by atoms with Gasteiger partial charge in [-0.2, -0.15) is 16.9 Å². The maximum absolute atomic E-state index is 12.5. The molecule has 0 spiro atoms. The smallest absolute Gasteiger partial charge is 0.200 e. The molecule has 0 radical (unpaired) electrons. The van der Waals surface area contributed by atoms with Crippen LogP contribution in [0.25, 0.3) is 0 Å². The topological polar surface area (TPSA) is 38.1 Å². The Labute approximate surface area is 110 Å². The number of hydrogen-bond donors (Lipinski definition) is 0. The highest BCUT2D eigenvalue weighted by molar-refractivity contribution is 7.99. The first-order valence-corrected chi connectivity index (χ1v) is 7.22. The standard InChI is InChI=1S/C11H16ClN3OS/c1-3-15-10(8(12)6-13-15)11(16)9-7-17-5-4-14(9)2/h6,9H,3-5,7H2,1-2H3. The Morgan fingerprint density at radius 1 is 1.71 bits per heavy atom. The molecule has 2 rings (SSSR count). The van der Waals surface area contributed by atoms with E-state index in [-0.39, 0.29) is 11.8 Å². The number of nitrogens with zero attached hydrogens (tertiary/aromatic N) is 3. The second-order valence-corrected chi connectivity index (χ2v) is 5.65. The summed E-state index contributed by atoms with van der Waals surface area (Å²) in [4.78, 5) is 14.6. The lowest BCUT2D eigenvalue weighted by Gasteiger charge is -2.30. The predicted octanol–water partition coefficient (Wildman–Crippen LogP) is 1.79. The third kappa shape index (κ3) is 2.51. The molecular formula is C11H16ClN3OS. The summed E-state index contributed by atoms with van der Waals surface area (Å²) in [7, 11) is 1.99. The Morgan fingerprint density at radius 2 is 2.47 bits per heavy atom. The fraction of sp³-hybridized carbons (Fsp3) is 0.636. The van der Waals surface area contributed by atoms with Gasteiger partial charge in [-0.15, -0.1) is 0 Å². The monoisotopic (exact) mass is 273 g/mol. The van der Waals surface area contributed by atoms with Crippen molar-refractivity contribution >= 4 is 29.1 Å². The minimum Gasteiger partial charge on any atom is -0.295 e. The van der Waals surface area contributed by atoms with Gasteiger partial charge in [-0.3, -0.25) is 14.4 Å². The summed E-state index contributed by atoms with van der Waals surface area (Å²) in [6, 6.07) is -0.0757. The lowest BCUT2D eigenvalue weighted by atomic mass is 10.1. The van der Waals surface area contributed by atoms with E-state index >= 15 is 0 Å². The number of rotatable bonds is 3. The third-order valence-corrected chi connectivity index (χ3v) is 4.33. The molecule has 1 unspecified atom stereocenters. The van der Waals surface area contributed by atoms with Crippen LogP contribution in [-0.4, -0.2) is 51.6 Å². The zero-order valence-corrected chi connectivity index (χ0v) is 11.6. The fourth-order valence-electron chi connectivity index (χ4n) is 1.97. The number of aryl methyl sites for hydroxylation is 1. The maximum Gasteiger partial charge on any atom is 0.200 e. The summed E-state index contributed by atoms with van der Waals surface area (Å²) in [6.45, 7) is 3.57. The minimum absolute atomic E-state index is 0.0757. The summed E-state index contributed by atoms with van der Waals surface area (Å²) in [5.41, 5.74) is 0.550. The highest BCUT2D eigenvalue weighted by Crippen LogP contribution is 2.22. The Kier molecular flexibility index (Phi) is 4.12. The molecule has 0 aromatic carbocycles. The van der Waals surface area contributed by atoms with Crippen molar-refractivity contribution < 1.29 is 4.79 Å². The minimum atomic E-state index is -0.0757. The van der Waals surface area contributed by atoms with E-state index in [1.54, 1.807) is 10.9 Å². The van der Waals surface area contributed by atoms with Crippen LogP contribution in [0.4, 0.5) is 0 Å². The zero-order chi connectivity index (χ0) is 12.4. The van der Waals surface area contributed by atoms with E-state index < -0.39 is 0 Å². The summed E-state index contributed by atoms with van der Waals surface area (Å²) >= 11 is 7.87. The molecule has 1 aliphatic rings. The van der Waals surface area contributed by atoms with Crippen LogP contribution >= 0.6 is 23.4 Å². The van der Waals surface area contributed by atoms with Crippen LogP contribution in [0.3, 0.4) is 0 Å². The van der Waals surface area contributed by atoms with Crippen molar-refractivity contribution in [2.24, 2.45) is 0 Å². The lowest BCUT2D eigenvalue weighted by Crippen LogP contribution is -2.45. The Balaban J connectivity index is 2.26. The van der Waals surface area contributed by atoms with Crippen LogP contribution in [0, 0.1) is 0 Å². The highest BCUT2D eigenvalue weighted by atomic mass is 35.5. The number of carbonyl (C=O) groups is 1. The third-order valence-electron chi connectivity index (χ3n) is 3.03. The van der Waals surface area contributed by atoms with Gasteiger partial charge in [0.1, 0.15) is 5.69 Å². The molecule has 4 nitrogen and oxygen atoms in total. The SMILES string of the molecule is CCn1ncc(Cl)c1C(=O)C1CSCCN1C. The normalized spacial score (nSPS) is 21.7. The lowest BCUT2D eigenvalue weighted by molar-refractivity contribution is 0.0863. The van der Waals surface area contributed by atoms with Crippen LogP contribution in [0.1, 0.15) is 17.4 Å². The molecule has 0 saturated carbocycles. The fourth-order valence-corrected chi connectivity index (χ4v) is 3.41. The number of carbonyl (C=O) groups excluding carboxylic acids is 1. The average Bonchev–Trinajstić information content (AvgIpc) is 2.70. The first-order chi connectivity index (χ1) is 8.15. The molecule has 6 heteroatoms. The van der Waals surface area contributed by atoms with Gasteiger partial charge in [0.05, 0.1) is 17.3 Å². The van der Waals surface area contributed by atoms with Crippen LogP contribution < -0.4 is 0 Å². The quantitative estimate of drug-likeness (QED) is 0.787. The summed E-state index contributed by atoms with van der Waals surface area (Å²) in [5, 5.41) is 4.57. The Hall–Kier alpha value is -0.520. The van der Waals surface area contributed by atoms with Gasteiger partial charge in [0.15, 0.2) is 5.78 Å². The van der Waals surface area contributed by atoms with E-state index in [0.29, 0.717) is 17.3 Å². The summed E-state index contributed by atoms with van der Waals surface area (Å²) < 4.78 is 1.68. The number of ketones is 1. The maximum atomic E-state index is 12.5. The Morgan fingerprint density at radius 3 is 3.12 bits per heavy atom. The molecule has 0 bridgehead atoms. The molecule has 1 fully saturated rings. The zero-order valence-electron chi connectivity index (χ0n) is 10.0. The second kappa shape index (κ2) is 5.42. The number of hydrogen-bond acceptors (Lipinski definition) is 4. The number of Topliss-reactive ketones (excluding diaryl/α,β-unsaturated/α-hetero) is 1. The molecule has 1 atom stereocenters. The van der Waals surface area contributed by atoms with Crippen molar-refractivity contribution in [2.45, 2.75) is 19.5 Å². The van der Waals surface area contributed by atoms with E-state index in [0.717, 1.165) is 18.1 Å². The molecule has 1 aromatic rings. The van der Waals surface area contributed by atoms with Crippen molar-refractivity contribution in [3.63, 3.8) is 0 Å². The molecule has 17 heavy (non-hydrogen) atoms. The molecule has 2 heterocycles. The molecule has 1 aliphatic heterocycles. The van der Waals surface area contributed by atoms with Crippen molar-refractivity contribution in [1.82, 2.24) is 14.7 Å². The summed E-state index contributed by atoms with van der Waals surface area (Å²) in [5.74, 6) is 2.01. The molecule has 0 amide bonds.